The van der Waals surface area contributed by atoms with Crippen molar-refractivity contribution in [2.75, 3.05) is 18.0 Å². The van der Waals surface area contributed by atoms with E-state index in [1.165, 1.54) is 6.07 Å². The molecule has 1 aliphatic rings. The van der Waals surface area contributed by atoms with Crippen LogP contribution < -0.4 is 4.90 Å². The Balaban J connectivity index is 1.69. The highest BCUT2D eigenvalue weighted by molar-refractivity contribution is 6.33. The minimum Gasteiger partial charge on any atom is -0.370 e. The highest BCUT2D eigenvalue weighted by atomic mass is 35.5. The first kappa shape index (κ1) is 15.7. The van der Waals surface area contributed by atoms with Crippen molar-refractivity contribution in [1.82, 2.24) is 14.8 Å². The number of hydrogen-bond acceptors (Lipinski definition) is 5. The maximum Gasteiger partial charge on any atom is 0.271 e. The number of benzene rings is 1. The first-order chi connectivity index (χ1) is 11.0. The minimum absolute atomic E-state index is 0.0392. The Bertz CT molecular complexity index is 673. The van der Waals surface area contributed by atoms with Crippen LogP contribution in [0.2, 0.25) is 5.02 Å². The molecule has 0 saturated carbocycles. The molecule has 0 atom stereocenters. The second kappa shape index (κ2) is 6.54. The van der Waals surface area contributed by atoms with E-state index >= 15 is 0 Å². The van der Waals surface area contributed by atoms with E-state index in [1.54, 1.807) is 18.7 Å². The fourth-order valence-corrected chi connectivity index (χ4v) is 3.54. The lowest BCUT2D eigenvalue weighted by Gasteiger charge is -2.34. The van der Waals surface area contributed by atoms with Gasteiger partial charge in [-0.15, -0.1) is 0 Å². The molecule has 0 amide bonds. The van der Waals surface area contributed by atoms with Gasteiger partial charge in [-0.2, -0.15) is 5.10 Å². The normalized spacial score (nSPS) is 15.8. The molecular weight excluding hydrogens is 318 g/mol. The number of nitro benzene ring substituents is 1. The molecule has 2 aromatic rings. The van der Waals surface area contributed by atoms with Gasteiger partial charge in [0.2, 0.25) is 0 Å². The summed E-state index contributed by atoms with van der Waals surface area (Å²) in [5, 5.41) is 15.5. The van der Waals surface area contributed by atoms with Gasteiger partial charge in [-0.25, -0.2) is 4.98 Å². The van der Waals surface area contributed by atoms with Crippen molar-refractivity contribution in [3.63, 3.8) is 0 Å². The van der Waals surface area contributed by atoms with E-state index in [9.17, 15) is 10.1 Å². The molecule has 1 aliphatic heterocycles. The molecule has 8 heteroatoms. The van der Waals surface area contributed by atoms with Crippen molar-refractivity contribution in [2.24, 2.45) is 5.92 Å². The maximum absolute atomic E-state index is 10.9. The minimum atomic E-state index is -0.410. The molecule has 23 heavy (non-hydrogen) atoms. The fraction of sp³-hybridized carbons (Fsp3) is 0.467. The molecule has 0 aliphatic carbocycles. The van der Waals surface area contributed by atoms with E-state index in [2.05, 4.69) is 15.0 Å². The van der Waals surface area contributed by atoms with Crippen molar-refractivity contribution in [3.05, 3.63) is 45.5 Å². The number of nitrogens with zero attached hydrogens (tertiary/aromatic N) is 5. The Morgan fingerprint density at radius 1 is 1.39 bits per heavy atom. The van der Waals surface area contributed by atoms with Gasteiger partial charge < -0.3 is 4.90 Å². The zero-order valence-electron chi connectivity index (χ0n) is 12.9. The molecule has 2 heterocycles. The van der Waals surface area contributed by atoms with Crippen LogP contribution in [-0.2, 0) is 6.54 Å². The lowest BCUT2D eigenvalue weighted by molar-refractivity contribution is -0.384. The quantitative estimate of drug-likeness (QED) is 0.634. The second-order valence-electron chi connectivity index (χ2n) is 5.90. The van der Waals surface area contributed by atoms with Gasteiger partial charge >= 0.3 is 0 Å². The van der Waals surface area contributed by atoms with Crippen molar-refractivity contribution in [2.45, 2.75) is 26.3 Å². The smallest absolute Gasteiger partial charge is 0.271 e. The molecular formula is C15H18ClN5O2. The molecule has 7 nitrogen and oxygen atoms in total. The molecule has 0 spiro atoms. The molecule has 3 rings (SSSR count). The highest BCUT2D eigenvalue weighted by Gasteiger charge is 2.24. The predicted octanol–water partition coefficient (Wildman–Crippen LogP) is 3.06. The van der Waals surface area contributed by atoms with Gasteiger partial charge in [0.1, 0.15) is 12.7 Å². The molecule has 0 radical (unpaired) electrons. The van der Waals surface area contributed by atoms with Crippen LogP contribution in [0.15, 0.2) is 24.8 Å². The summed E-state index contributed by atoms with van der Waals surface area (Å²) < 4.78 is 1.87. The average Bonchev–Trinajstić information content (AvgIpc) is 3.01. The Hall–Kier alpha value is -2.15. The number of hydrogen-bond donors (Lipinski definition) is 0. The van der Waals surface area contributed by atoms with Crippen LogP contribution in [0.4, 0.5) is 11.4 Å². The summed E-state index contributed by atoms with van der Waals surface area (Å²) in [6.07, 6.45) is 5.36. The van der Waals surface area contributed by atoms with Crippen LogP contribution in [0.1, 0.15) is 18.4 Å². The van der Waals surface area contributed by atoms with Crippen molar-refractivity contribution in [1.29, 1.82) is 0 Å². The molecule has 0 N–H and O–H groups in total. The highest BCUT2D eigenvalue weighted by Crippen LogP contribution is 2.36. The van der Waals surface area contributed by atoms with Gasteiger partial charge in [0.05, 0.1) is 15.6 Å². The van der Waals surface area contributed by atoms with Crippen LogP contribution in [0, 0.1) is 23.0 Å². The Morgan fingerprint density at radius 3 is 2.70 bits per heavy atom. The van der Waals surface area contributed by atoms with E-state index in [4.69, 9.17) is 11.6 Å². The van der Waals surface area contributed by atoms with E-state index in [0.717, 1.165) is 43.7 Å². The van der Waals surface area contributed by atoms with Gasteiger partial charge in [-0.1, -0.05) is 11.6 Å². The largest absolute Gasteiger partial charge is 0.370 e. The number of rotatable bonds is 4. The van der Waals surface area contributed by atoms with Gasteiger partial charge in [0.15, 0.2) is 0 Å². The number of halogens is 1. The lowest BCUT2D eigenvalue weighted by Crippen LogP contribution is -2.35. The van der Waals surface area contributed by atoms with E-state index in [1.807, 2.05) is 11.6 Å². The van der Waals surface area contributed by atoms with E-state index < -0.39 is 4.92 Å². The van der Waals surface area contributed by atoms with Gasteiger partial charge in [0, 0.05) is 31.8 Å². The van der Waals surface area contributed by atoms with Crippen LogP contribution in [0.3, 0.4) is 0 Å². The summed E-state index contributed by atoms with van der Waals surface area (Å²) in [5.74, 6) is 0.560. The summed E-state index contributed by atoms with van der Waals surface area (Å²) in [6.45, 7) is 4.52. The third-order valence-corrected chi connectivity index (χ3v) is 4.58. The number of nitro groups is 1. The number of anilines is 1. The SMILES string of the molecule is Cc1cc([N+](=O)[O-])cc(Cl)c1N1CCC(Cn2cncn2)CC1. The standard InChI is InChI=1S/C15H18ClN5O2/c1-11-6-13(21(22)23)7-14(16)15(11)19-4-2-12(3-5-19)8-20-10-17-9-18-20/h6-7,9-10,12H,2-5,8H2,1H3. The third kappa shape index (κ3) is 3.44. The second-order valence-corrected chi connectivity index (χ2v) is 6.31. The van der Waals surface area contributed by atoms with Crippen LogP contribution in [0.25, 0.3) is 0 Å². The molecule has 0 bridgehead atoms. The van der Waals surface area contributed by atoms with Crippen LogP contribution in [-0.4, -0.2) is 32.8 Å². The summed E-state index contributed by atoms with van der Waals surface area (Å²) in [5.41, 5.74) is 1.80. The number of piperidine rings is 1. The van der Waals surface area contributed by atoms with E-state index in [0.29, 0.717) is 10.9 Å². The monoisotopic (exact) mass is 335 g/mol. The molecule has 1 saturated heterocycles. The van der Waals surface area contributed by atoms with Gasteiger partial charge in [-0.3, -0.25) is 14.8 Å². The number of aryl methyl sites for hydroxylation is 1. The molecule has 1 aromatic carbocycles. The molecule has 1 aromatic heterocycles. The number of non-ortho nitro benzene ring substituents is 1. The summed E-state index contributed by atoms with van der Waals surface area (Å²) >= 11 is 6.30. The van der Waals surface area contributed by atoms with Crippen molar-refractivity contribution in [3.8, 4) is 0 Å². The Labute approximate surface area is 139 Å². The number of aromatic nitrogens is 3. The first-order valence-electron chi connectivity index (χ1n) is 7.56. The van der Waals surface area contributed by atoms with Crippen LogP contribution >= 0.6 is 11.6 Å². The first-order valence-corrected chi connectivity index (χ1v) is 7.94. The van der Waals surface area contributed by atoms with Gasteiger partial charge in [-0.05, 0) is 31.2 Å². The molecule has 1 fully saturated rings. The van der Waals surface area contributed by atoms with E-state index in [-0.39, 0.29) is 5.69 Å². The summed E-state index contributed by atoms with van der Waals surface area (Å²) in [6, 6.07) is 3.02. The maximum atomic E-state index is 10.9. The molecule has 122 valence electrons. The summed E-state index contributed by atoms with van der Waals surface area (Å²) in [7, 11) is 0. The van der Waals surface area contributed by atoms with Crippen LogP contribution in [0.5, 0.6) is 0 Å². The Kier molecular flexibility index (Phi) is 4.47. The fourth-order valence-electron chi connectivity index (χ4n) is 3.15. The van der Waals surface area contributed by atoms with Gasteiger partial charge in [0.25, 0.3) is 5.69 Å². The molecule has 0 unspecified atom stereocenters. The topological polar surface area (TPSA) is 77.1 Å². The predicted molar refractivity (Wildman–Crippen MR) is 87.8 cm³/mol. The lowest BCUT2D eigenvalue weighted by atomic mass is 9.96. The third-order valence-electron chi connectivity index (χ3n) is 4.29. The van der Waals surface area contributed by atoms with Crippen molar-refractivity contribution < 1.29 is 4.92 Å². The Morgan fingerprint density at radius 2 is 2.13 bits per heavy atom. The summed E-state index contributed by atoms with van der Waals surface area (Å²) in [4.78, 5) is 16.7. The average molecular weight is 336 g/mol. The zero-order chi connectivity index (χ0) is 16.4. The van der Waals surface area contributed by atoms with Crippen molar-refractivity contribution >= 4 is 23.0 Å². The zero-order valence-corrected chi connectivity index (χ0v) is 13.6.